The first-order valence-electron chi connectivity index (χ1n) is 7.34. The van der Waals surface area contributed by atoms with E-state index in [0.717, 1.165) is 0 Å². The standard InChI is InChI=1S/C16H15Cl2FN2O2S/c17-12-5-6-16(13(18)11-12)24(22,23)21-9-7-20(8-10-21)15-4-2-1-3-14(15)19/h1-6,11H,7-10H2. The lowest BCUT2D eigenvalue weighted by Crippen LogP contribution is -2.48. The van der Waals surface area contributed by atoms with E-state index in [1.807, 2.05) is 4.90 Å². The quantitative estimate of drug-likeness (QED) is 0.805. The van der Waals surface area contributed by atoms with E-state index in [0.29, 0.717) is 23.8 Å². The van der Waals surface area contributed by atoms with Crippen molar-refractivity contribution in [1.82, 2.24) is 4.31 Å². The summed E-state index contributed by atoms with van der Waals surface area (Å²) in [6.07, 6.45) is 0. The molecule has 2 aromatic carbocycles. The number of sulfonamides is 1. The van der Waals surface area contributed by atoms with Crippen LogP contribution < -0.4 is 4.90 Å². The molecule has 0 amide bonds. The molecule has 0 spiro atoms. The second-order valence-corrected chi connectivity index (χ2v) is 8.17. The molecule has 0 unspecified atom stereocenters. The van der Waals surface area contributed by atoms with Gasteiger partial charge in [-0.3, -0.25) is 0 Å². The Kier molecular flexibility index (Phi) is 5.01. The maximum Gasteiger partial charge on any atom is 0.244 e. The van der Waals surface area contributed by atoms with Crippen LogP contribution in [0.5, 0.6) is 0 Å². The van der Waals surface area contributed by atoms with Crippen LogP contribution in [0, 0.1) is 5.82 Å². The summed E-state index contributed by atoms with van der Waals surface area (Å²) in [5, 5.41) is 0.474. The fraction of sp³-hybridized carbons (Fsp3) is 0.250. The predicted molar refractivity (Wildman–Crippen MR) is 93.8 cm³/mol. The number of benzene rings is 2. The lowest BCUT2D eigenvalue weighted by Gasteiger charge is -2.35. The number of anilines is 1. The highest BCUT2D eigenvalue weighted by atomic mass is 35.5. The molecule has 1 aliphatic heterocycles. The number of para-hydroxylation sites is 1. The van der Waals surface area contributed by atoms with Gasteiger partial charge in [-0.25, -0.2) is 12.8 Å². The van der Waals surface area contributed by atoms with Gasteiger partial charge in [0.15, 0.2) is 0 Å². The Morgan fingerprint density at radius 2 is 1.62 bits per heavy atom. The highest BCUT2D eigenvalue weighted by molar-refractivity contribution is 7.89. The van der Waals surface area contributed by atoms with Crippen molar-refractivity contribution in [2.45, 2.75) is 4.90 Å². The van der Waals surface area contributed by atoms with E-state index < -0.39 is 10.0 Å². The minimum Gasteiger partial charge on any atom is -0.367 e. The fourth-order valence-electron chi connectivity index (χ4n) is 2.70. The number of halogens is 3. The third-order valence-corrected chi connectivity index (χ3v) is 6.56. The molecule has 0 aromatic heterocycles. The maximum absolute atomic E-state index is 13.9. The Balaban J connectivity index is 1.78. The topological polar surface area (TPSA) is 40.6 Å². The molecule has 0 bridgehead atoms. The largest absolute Gasteiger partial charge is 0.367 e. The smallest absolute Gasteiger partial charge is 0.244 e. The molecule has 1 heterocycles. The van der Waals surface area contributed by atoms with Crippen molar-refractivity contribution in [3.63, 3.8) is 0 Å². The molecule has 0 saturated carbocycles. The summed E-state index contributed by atoms with van der Waals surface area (Å²) >= 11 is 11.8. The number of piperazine rings is 1. The van der Waals surface area contributed by atoms with E-state index in [-0.39, 0.29) is 28.8 Å². The van der Waals surface area contributed by atoms with Gasteiger partial charge in [-0.2, -0.15) is 4.31 Å². The third kappa shape index (κ3) is 3.37. The predicted octanol–water partition coefficient (Wildman–Crippen LogP) is 3.64. The molecule has 128 valence electrons. The van der Waals surface area contributed by atoms with Crippen LogP contribution in [0.1, 0.15) is 0 Å². The minimum atomic E-state index is -3.70. The van der Waals surface area contributed by atoms with E-state index in [9.17, 15) is 12.8 Å². The van der Waals surface area contributed by atoms with E-state index in [4.69, 9.17) is 23.2 Å². The van der Waals surface area contributed by atoms with Crippen LogP contribution in [0.2, 0.25) is 10.0 Å². The highest BCUT2D eigenvalue weighted by Gasteiger charge is 2.30. The molecule has 3 rings (SSSR count). The van der Waals surface area contributed by atoms with Crippen molar-refractivity contribution in [2.75, 3.05) is 31.1 Å². The summed E-state index contributed by atoms with van der Waals surface area (Å²) in [7, 11) is -3.70. The Morgan fingerprint density at radius 1 is 0.958 bits per heavy atom. The van der Waals surface area contributed by atoms with E-state index >= 15 is 0 Å². The average Bonchev–Trinajstić information content (AvgIpc) is 2.55. The van der Waals surface area contributed by atoms with Crippen molar-refractivity contribution in [3.05, 3.63) is 58.3 Å². The molecular formula is C16H15Cl2FN2O2S. The number of rotatable bonds is 3. The second kappa shape index (κ2) is 6.88. The van der Waals surface area contributed by atoms with Gasteiger partial charge in [0, 0.05) is 31.2 Å². The SMILES string of the molecule is O=S(=O)(c1ccc(Cl)cc1Cl)N1CCN(c2ccccc2F)CC1. The third-order valence-electron chi connectivity index (χ3n) is 3.94. The Bertz CT molecular complexity index is 853. The molecule has 8 heteroatoms. The maximum atomic E-state index is 13.9. The van der Waals surface area contributed by atoms with Crippen LogP contribution in [-0.4, -0.2) is 38.9 Å². The summed E-state index contributed by atoms with van der Waals surface area (Å²) in [6, 6.07) is 10.8. The van der Waals surface area contributed by atoms with Gasteiger partial charge >= 0.3 is 0 Å². The molecule has 1 fully saturated rings. The molecule has 2 aromatic rings. The fourth-order valence-corrected chi connectivity index (χ4v) is 4.87. The monoisotopic (exact) mass is 388 g/mol. The van der Waals surface area contributed by atoms with Gasteiger partial charge in [-0.15, -0.1) is 0 Å². The van der Waals surface area contributed by atoms with Crippen molar-refractivity contribution in [3.8, 4) is 0 Å². The summed E-state index contributed by atoms with van der Waals surface area (Å²) in [5.41, 5.74) is 0.485. The van der Waals surface area contributed by atoms with Gasteiger partial charge in [0.1, 0.15) is 10.7 Å². The zero-order chi connectivity index (χ0) is 17.3. The summed E-state index contributed by atoms with van der Waals surface area (Å²) in [5.74, 6) is -0.311. The normalized spacial score (nSPS) is 16.4. The molecule has 4 nitrogen and oxygen atoms in total. The number of hydrogen-bond donors (Lipinski definition) is 0. The van der Waals surface area contributed by atoms with Crippen LogP contribution >= 0.6 is 23.2 Å². The molecule has 0 aliphatic carbocycles. The van der Waals surface area contributed by atoms with Gasteiger partial charge in [0.05, 0.1) is 10.7 Å². The van der Waals surface area contributed by atoms with Crippen molar-refractivity contribution >= 4 is 38.9 Å². The molecule has 0 N–H and O–H groups in total. The number of hydrogen-bond acceptors (Lipinski definition) is 3. The van der Waals surface area contributed by atoms with Crippen LogP contribution in [0.4, 0.5) is 10.1 Å². The zero-order valence-corrected chi connectivity index (χ0v) is 15.0. The summed E-state index contributed by atoms with van der Waals surface area (Å²) < 4.78 is 40.7. The lowest BCUT2D eigenvalue weighted by molar-refractivity contribution is 0.383. The molecule has 0 atom stereocenters. The lowest BCUT2D eigenvalue weighted by atomic mass is 10.2. The van der Waals surface area contributed by atoms with Crippen LogP contribution in [0.25, 0.3) is 0 Å². The Hall–Kier alpha value is -1.34. The first-order valence-corrected chi connectivity index (χ1v) is 9.54. The van der Waals surface area contributed by atoms with E-state index in [1.165, 1.54) is 28.6 Å². The zero-order valence-electron chi connectivity index (χ0n) is 12.6. The molecular weight excluding hydrogens is 374 g/mol. The van der Waals surface area contributed by atoms with Gasteiger partial charge in [-0.05, 0) is 30.3 Å². The van der Waals surface area contributed by atoms with Gasteiger partial charge in [0.2, 0.25) is 10.0 Å². The highest BCUT2D eigenvalue weighted by Crippen LogP contribution is 2.29. The second-order valence-electron chi connectivity index (χ2n) is 5.42. The first kappa shape index (κ1) is 17.5. The van der Waals surface area contributed by atoms with Crippen LogP contribution in [-0.2, 0) is 10.0 Å². The van der Waals surface area contributed by atoms with E-state index in [2.05, 4.69) is 0 Å². The van der Waals surface area contributed by atoms with Crippen LogP contribution in [0.15, 0.2) is 47.4 Å². The van der Waals surface area contributed by atoms with Gasteiger partial charge < -0.3 is 4.90 Å². The molecule has 0 radical (unpaired) electrons. The van der Waals surface area contributed by atoms with Crippen molar-refractivity contribution in [2.24, 2.45) is 0 Å². The van der Waals surface area contributed by atoms with E-state index in [1.54, 1.807) is 18.2 Å². The molecule has 24 heavy (non-hydrogen) atoms. The molecule has 1 aliphatic rings. The minimum absolute atomic E-state index is 0.0351. The Labute approximate surface area is 150 Å². The molecule has 1 saturated heterocycles. The first-order chi connectivity index (χ1) is 11.4. The van der Waals surface area contributed by atoms with Crippen molar-refractivity contribution < 1.29 is 12.8 Å². The number of nitrogens with zero attached hydrogens (tertiary/aromatic N) is 2. The van der Waals surface area contributed by atoms with Gasteiger partial charge in [-0.1, -0.05) is 35.3 Å². The Morgan fingerprint density at radius 3 is 2.25 bits per heavy atom. The summed E-state index contributed by atoms with van der Waals surface area (Å²) in [4.78, 5) is 1.87. The van der Waals surface area contributed by atoms with Gasteiger partial charge in [0.25, 0.3) is 0 Å². The average molecular weight is 389 g/mol. The summed E-state index contributed by atoms with van der Waals surface area (Å²) in [6.45, 7) is 1.34. The van der Waals surface area contributed by atoms with Crippen LogP contribution in [0.3, 0.4) is 0 Å². The van der Waals surface area contributed by atoms with Crippen molar-refractivity contribution in [1.29, 1.82) is 0 Å².